The van der Waals surface area contributed by atoms with Gasteiger partial charge in [-0.3, -0.25) is 4.40 Å². The Labute approximate surface area is 170 Å². The number of hydrogen-bond donors (Lipinski definition) is 1. The second kappa shape index (κ2) is 7.55. The van der Waals surface area contributed by atoms with Crippen LogP contribution in [0.1, 0.15) is 11.1 Å². The SMILES string of the molecule is C=Cc1cc(Nc2nccn3c(-c4ccc(OC(F)(F)F)cc4)cnc23)ccc1C. The summed E-state index contributed by atoms with van der Waals surface area (Å²) in [6, 6.07) is 11.5. The Morgan fingerprint density at radius 2 is 1.87 bits per heavy atom. The number of hydrogen-bond acceptors (Lipinski definition) is 4. The van der Waals surface area contributed by atoms with Crippen molar-refractivity contribution < 1.29 is 17.9 Å². The monoisotopic (exact) mass is 410 g/mol. The molecule has 5 nitrogen and oxygen atoms in total. The van der Waals surface area contributed by atoms with E-state index in [0.717, 1.165) is 16.8 Å². The van der Waals surface area contributed by atoms with Gasteiger partial charge in [0.05, 0.1) is 11.9 Å². The van der Waals surface area contributed by atoms with E-state index in [-0.39, 0.29) is 5.75 Å². The van der Waals surface area contributed by atoms with Gasteiger partial charge in [0.25, 0.3) is 0 Å². The summed E-state index contributed by atoms with van der Waals surface area (Å²) in [5.41, 5.74) is 4.96. The van der Waals surface area contributed by atoms with Crippen LogP contribution in [0.2, 0.25) is 0 Å². The molecule has 0 aliphatic rings. The lowest BCUT2D eigenvalue weighted by molar-refractivity contribution is -0.274. The molecule has 0 unspecified atom stereocenters. The molecule has 4 rings (SSSR count). The van der Waals surface area contributed by atoms with Gasteiger partial charge in [-0.25, -0.2) is 9.97 Å². The van der Waals surface area contributed by atoms with Crippen molar-refractivity contribution in [2.24, 2.45) is 0 Å². The van der Waals surface area contributed by atoms with Crippen LogP contribution in [0.5, 0.6) is 5.75 Å². The number of imidazole rings is 1. The van der Waals surface area contributed by atoms with Gasteiger partial charge >= 0.3 is 6.36 Å². The van der Waals surface area contributed by atoms with E-state index in [1.165, 1.54) is 12.1 Å². The quantitative estimate of drug-likeness (QED) is 0.439. The highest BCUT2D eigenvalue weighted by Gasteiger charge is 2.31. The molecular formula is C22H17F3N4O. The molecule has 0 aliphatic heterocycles. The molecule has 2 aromatic carbocycles. The van der Waals surface area contributed by atoms with Gasteiger partial charge in [0.15, 0.2) is 11.5 Å². The zero-order valence-electron chi connectivity index (χ0n) is 15.9. The molecule has 0 saturated carbocycles. The van der Waals surface area contributed by atoms with E-state index in [4.69, 9.17) is 0 Å². The minimum atomic E-state index is -4.72. The van der Waals surface area contributed by atoms with Crippen LogP contribution < -0.4 is 10.1 Å². The van der Waals surface area contributed by atoms with Gasteiger partial charge in [-0.1, -0.05) is 18.7 Å². The summed E-state index contributed by atoms with van der Waals surface area (Å²) in [5.74, 6) is 0.279. The number of anilines is 2. The largest absolute Gasteiger partial charge is 0.573 e. The average molecular weight is 410 g/mol. The molecule has 2 aromatic heterocycles. The van der Waals surface area contributed by atoms with E-state index in [1.54, 1.807) is 36.8 Å². The predicted molar refractivity (Wildman–Crippen MR) is 110 cm³/mol. The number of aromatic nitrogens is 3. The van der Waals surface area contributed by atoms with E-state index in [0.29, 0.717) is 22.7 Å². The minimum Gasteiger partial charge on any atom is -0.406 e. The Morgan fingerprint density at radius 1 is 1.10 bits per heavy atom. The summed E-state index contributed by atoms with van der Waals surface area (Å²) in [6.45, 7) is 5.83. The van der Waals surface area contributed by atoms with Crippen molar-refractivity contribution in [2.45, 2.75) is 13.3 Å². The van der Waals surface area contributed by atoms with Gasteiger partial charge in [-0.05, 0) is 54.4 Å². The third-order valence-corrected chi connectivity index (χ3v) is 4.57. The fourth-order valence-corrected chi connectivity index (χ4v) is 3.12. The molecule has 0 bridgehead atoms. The molecule has 0 fully saturated rings. The van der Waals surface area contributed by atoms with E-state index in [1.807, 2.05) is 29.5 Å². The first-order chi connectivity index (χ1) is 14.3. The van der Waals surface area contributed by atoms with Crippen LogP contribution in [0.3, 0.4) is 0 Å². The molecule has 0 aliphatic carbocycles. The maximum Gasteiger partial charge on any atom is 0.573 e. The third-order valence-electron chi connectivity index (χ3n) is 4.57. The van der Waals surface area contributed by atoms with Crippen molar-refractivity contribution in [1.29, 1.82) is 0 Å². The van der Waals surface area contributed by atoms with E-state index in [9.17, 15) is 13.2 Å². The fraction of sp³-hybridized carbons (Fsp3) is 0.0909. The number of halogens is 3. The van der Waals surface area contributed by atoms with Gasteiger partial charge in [0.2, 0.25) is 0 Å². The zero-order valence-corrected chi connectivity index (χ0v) is 15.9. The molecule has 4 aromatic rings. The van der Waals surface area contributed by atoms with Crippen molar-refractivity contribution in [3.05, 3.63) is 78.8 Å². The second-order valence-corrected chi connectivity index (χ2v) is 6.59. The Kier molecular flexibility index (Phi) is 4.91. The van der Waals surface area contributed by atoms with E-state index in [2.05, 4.69) is 26.6 Å². The first-order valence-electron chi connectivity index (χ1n) is 9.02. The average Bonchev–Trinajstić information content (AvgIpc) is 3.14. The van der Waals surface area contributed by atoms with Crippen LogP contribution in [0.15, 0.2) is 67.6 Å². The number of rotatable bonds is 5. The lowest BCUT2D eigenvalue weighted by atomic mass is 10.1. The topological polar surface area (TPSA) is 51.5 Å². The molecule has 0 amide bonds. The highest BCUT2D eigenvalue weighted by molar-refractivity contribution is 5.75. The Bertz CT molecular complexity index is 1210. The van der Waals surface area contributed by atoms with Gasteiger partial charge in [-0.15, -0.1) is 13.2 Å². The molecule has 0 atom stereocenters. The van der Waals surface area contributed by atoms with Crippen molar-refractivity contribution in [3.63, 3.8) is 0 Å². The Balaban J connectivity index is 1.66. The van der Waals surface area contributed by atoms with Gasteiger partial charge < -0.3 is 10.1 Å². The van der Waals surface area contributed by atoms with Crippen molar-refractivity contribution in [2.75, 3.05) is 5.32 Å². The van der Waals surface area contributed by atoms with Crippen LogP contribution in [-0.4, -0.2) is 20.7 Å². The molecule has 0 spiro atoms. The van der Waals surface area contributed by atoms with Crippen molar-refractivity contribution >= 4 is 23.2 Å². The number of fused-ring (bicyclic) bond motifs is 1. The Morgan fingerprint density at radius 3 is 2.57 bits per heavy atom. The zero-order chi connectivity index (χ0) is 21.3. The number of ether oxygens (including phenoxy) is 1. The van der Waals surface area contributed by atoms with Gasteiger partial charge in [-0.2, -0.15) is 0 Å². The smallest absolute Gasteiger partial charge is 0.406 e. The summed E-state index contributed by atoms with van der Waals surface area (Å²) < 4.78 is 42.8. The fourth-order valence-electron chi connectivity index (χ4n) is 3.12. The first kappa shape index (κ1) is 19.5. The molecule has 2 heterocycles. The first-order valence-corrected chi connectivity index (χ1v) is 9.02. The molecule has 152 valence electrons. The van der Waals surface area contributed by atoms with Gasteiger partial charge in [0, 0.05) is 23.6 Å². The summed E-state index contributed by atoms with van der Waals surface area (Å²) in [7, 11) is 0. The molecule has 30 heavy (non-hydrogen) atoms. The van der Waals surface area contributed by atoms with E-state index >= 15 is 0 Å². The molecular weight excluding hydrogens is 393 g/mol. The van der Waals surface area contributed by atoms with Crippen LogP contribution in [0.25, 0.3) is 23.0 Å². The maximum atomic E-state index is 12.4. The summed E-state index contributed by atoms with van der Waals surface area (Å²) in [5, 5.41) is 3.26. The van der Waals surface area contributed by atoms with Gasteiger partial charge in [0.1, 0.15) is 5.75 Å². The van der Waals surface area contributed by atoms with Crippen LogP contribution in [0, 0.1) is 6.92 Å². The normalized spacial score (nSPS) is 11.5. The number of nitrogens with zero attached hydrogens (tertiary/aromatic N) is 3. The standard InChI is InChI=1S/C22H17F3N4O/c1-3-15-12-17(7-4-14(15)2)28-20-21-27-13-19(29(21)11-10-26-20)16-5-8-18(9-6-16)30-22(23,24)25/h3-13H,1H2,2H3,(H,26,28). The number of alkyl halides is 3. The summed E-state index contributed by atoms with van der Waals surface area (Å²) in [6.07, 6.45) is 2.08. The Hall–Kier alpha value is -3.81. The molecule has 0 radical (unpaired) electrons. The van der Waals surface area contributed by atoms with Crippen LogP contribution >= 0.6 is 0 Å². The number of aryl methyl sites for hydroxylation is 1. The number of benzene rings is 2. The molecule has 1 N–H and O–H groups in total. The number of nitrogens with one attached hydrogen (secondary N) is 1. The van der Waals surface area contributed by atoms with Crippen LogP contribution in [-0.2, 0) is 0 Å². The van der Waals surface area contributed by atoms with E-state index < -0.39 is 6.36 Å². The van der Waals surface area contributed by atoms with Crippen molar-refractivity contribution in [1.82, 2.24) is 14.4 Å². The minimum absolute atomic E-state index is 0.276. The van der Waals surface area contributed by atoms with Crippen LogP contribution in [0.4, 0.5) is 24.7 Å². The van der Waals surface area contributed by atoms with Crippen molar-refractivity contribution in [3.8, 4) is 17.0 Å². The molecule has 8 heteroatoms. The lowest BCUT2D eigenvalue weighted by Crippen LogP contribution is -2.16. The predicted octanol–water partition coefficient (Wildman–Crippen LogP) is 5.99. The summed E-state index contributed by atoms with van der Waals surface area (Å²) >= 11 is 0. The summed E-state index contributed by atoms with van der Waals surface area (Å²) in [4.78, 5) is 8.82. The third kappa shape index (κ3) is 3.98. The highest BCUT2D eigenvalue weighted by Crippen LogP contribution is 2.29. The highest BCUT2D eigenvalue weighted by atomic mass is 19.4. The maximum absolute atomic E-state index is 12.4. The second-order valence-electron chi connectivity index (χ2n) is 6.59. The lowest BCUT2D eigenvalue weighted by Gasteiger charge is -2.10. The molecule has 0 saturated heterocycles.